The average Bonchev–Trinajstić information content (AvgIpc) is 2.42. The topological polar surface area (TPSA) is 62.2 Å². The zero-order valence-corrected chi connectivity index (χ0v) is 11.0. The van der Waals surface area contributed by atoms with Crippen LogP contribution in [0.2, 0.25) is 5.02 Å². The van der Waals surface area contributed by atoms with Gasteiger partial charge in [-0.3, -0.25) is 9.78 Å². The van der Waals surface area contributed by atoms with E-state index in [1.807, 2.05) is 0 Å². The predicted molar refractivity (Wildman–Crippen MR) is 70.3 cm³/mol. The van der Waals surface area contributed by atoms with E-state index in [1.54, 1.807) is 0 Å². The van der Waals surface area contributed by atoms with Crippen molar-refractivity contribution in [2.45, 2.75) is 6.18 Å². The number of hydrogen-bond donors (Lipinski definition) is 2. The number of halogens is 4. The molecule has 1 aromatic heterocycles. The second-order valence-electron chi connectivity index (χ2n) is 4.05. The lowest BCUT2D eigenvalue weighted by atomic mass is 10.2. The molecule has 2 rings (SSSR count). The van der Waals surface area contributed by atoms with E-state index >= 15 is 0 Å². The maximum Gasteiger partial charge on any atom is 0.417 e. The number of benzene rings is 1. The zero-order chi connectivity index (χ0) is 15.6. The number of phenolic OH excluding ortho intramolecular Hbond substituents is 1. The molecule has 0 unspecified atom stereocenters. The normalized spacial score (nSPS) is 11.2. The van der Waals surface area contributed by atoms with Crippen LogP contribution in [0.1, 0.15) is 16.1 Å². The van der Waals surface area contributed by atoms with Crippen LogP contribution in [0.4, 0.5) is 18.9 Å². The quantitative estimate of drug-likeness (QED) is 0.830. The first-order valence-corrected chi connectivity index (χ1v) is 5.98. The van der Waals surface area contributed by atoms with Gasteiger partial charge in [0.25, 0.3) is 5.91 Å². The Morgan fingerprint density at radius 2 is 1.95 bits per heavy atom. The molecule has 1 amide bonds. The third-order valence-electron chi connectivity index (χ3n) is 2.53. The van der Waals surface area contributed by atoms with Crippen LogP contribution in [0.3, 0.4) is 0 Å². The molecular weight excluding hydrogens is 309 g/mol. The van der Waals surface area contributed by atoms with Crippen LogP contribution in [0.15, 0.2) is 36.5 Å². The molecule has 110 valence electrons. The number of nitrogens with one attached hydrogen (secondary N) is 1. The third kappa shape index (κ3) is 3.63. The van der Waals surface area contributed by atoms with Crippen LogP contribution in [-0.4, -0.2) is 16.0 Å². The number of rotatable bonds is 2. The minimum Gasteiger partial charge on any atom is -0.506 e. The molecule has 8 heteroatoms. The molecule has 1 aromatic carbocycles. The van der Waals surface area contributed by atoms with Crippen molar-refractivity contribution in [2.24, 2.45) is 0 Å². The Bertz CT molecular complexity index is 672. The monoisotopic (exact) mass is 316 g/mol. The number of hydrogen-bond acceptors (Lipinski definition) is 3. The van der Waals surface area contributed by atoms with Gasteiger partial charge in [0, 0.05) is 11.9 Å². The Morgan fingerprint density at radius 1 is 1.24 bits per heavy atom. The van der Waals surface area contributed by atoms with Crippen molar-refractivity contribution in [3.63, 3.8) is 0 Å². The Hall–Kier alpha value is -2.28. The van der Waals surface area contributed by atoms with Gasteiger partial charge in [-0.05, 0) is 30.3 Å². The van der Waals surface area contributed by atoms with Gasteiger partial charge in [-0.25, -0.2) is 0 Å². The molecule has 2 N–H and O–H groups in total. The number of aromatic nitrogens is 1. The standard InChI is InChI=1S/C13H8ClF3N2O2/c14-9-5-8(2-4-11(9)20)19-12(21)10-3-1-7(6-18-10)13(15,16)17/h1-6,20H,(H,19,21). The Morgan fingerprint density at radius 3 is 2.48 bits per heavy atom. The summed E-state index contributed by atoms with van der Waals surface area (Å²) in [7, 11) is 0. The Labute approximate surface area is 122 Å². The van der Waals surface area contributed by atoms with E-state index in [-0.39, 0.29) is 22.2 Å². The van der Waals surface area contributed by atoms with Crippen LogP contribution < -0.4 is 5.32 Å². The van der Waals surface area contributed by atoms with Crippen LogP contribution in [0.5, 0.6) is 5.75 Å². The summed E-state index contributed by atoms with van der Waals surface area (Å²) in [5, 5.41) is 11.7. The minimum atomic E-state index is -4.51. The summed E-state index contributed by atoms with van der Waals surface area (Å²) in [6, 6.07) is 5.71. The molecule has 0 saturated heterocycles. The van der Waals surface area contributed by atoms with Gasteiger partial charge >= 0.3 is 6.18 Å². The van der Waals surface area contributed by atoms with Crippen molar-refractivity contribution in [3.8, 4) is 5.75 Å². The molecule has 0 radical (unpaired) electrons. The highest BCUT2D eigenvalue weighted by atomic mass is 35.5. The van der Waals surface area contributed by atoms with Crippen LogP contribution in [-0.2, 0) is 6.18 Å². The van der Waals surface area contributed by atoms with Crippen molar-refractivity contribution < 1.29 is 23.1 Å². The van der Waals surface area contributed by atoms with E-state index in [0.717, 1.165) is 12.1 Å². The van der Waals surface area contributed by atoms with E-state index < -0.39 is 17.6 Å². The van der Waals surface area contributed by atoms with Crippen LogP contribution in [0, 0.1) is 0 Å². The van der Waals surface area contributed by atoms with E-state index in [2.05, 4.69) is 10.3 Å². The summed E-state index contributed by atoms with van der Waals surface area (Å²) in [5.41, 5.74) is -0.830. The van der Waals surface area contributed by atoms with Gasteiger partial charge in [0.2, 0.25) is 0 Å². The molecule has 0 aliphatic carbocycles. The summed E-state index contributed by atoms with van der Waals surface area (Å²) in [6.45, 7) is 0. The lowest BCUT2D eigenvalue weighted by Crippen LogP contribution is -2.14. The van der Waals surface area contributed by atoms with Gasteiger partial charge in [-0.15, -0.1) is 0 Å². The molecule has 2 aromatic rings. The largest absolute Gasteiger partial charge is 0.506 e. The SMILES string of the molecule is O=C(Nc1ccc(O)c(Cl)c1)c1ccc(C(F)(F)F)cn1. The number of pyridine rings is 1. The summed E-state index contributed by atoms with van der Waals surface area (Å²) in [4.78, 5) is 15.3. The lowest BCUT2D eigenvalue weighted by molar-refractivity contribution is -0.137. The molecule has 0 aliphatic heterocycles. The lowest BCUT2D eigenvalue weighted by Gasteiger charge is -2.08. The number of nitrogens with zero attached hydrogens (tertiary/aromatic N) is 1. The van der Waals surface area contributed by atoms with Crippen LogP contribution >= 0.6 is 11.6 Å². The van der Waals surface area contributed by atoms with Gasteiger partial charge in [-0.2, -0.15) is 13.2 Å². The Balaban J connectivity index is 2.15. The fourth-order valence-corrected chi connectivity index (χ4v) is 1.66. The first-order valence-electron chi connectivity index (χ1n) is 5.60. The number of alkyl halides is 3. The highest BCUT2D eigenvalue weighted by Gasteiger charge is 2.30. The number of carbonyl (C=O) groups is 1. The third-order valence-corrected chi connectivity index (χ3v) is 2.83. The van der Waals surface area contributed by atoms with Crippen molar-refractivity contribution in [1.82, 2.24) is 4.98 Å². The number of amides is 1. The summed E-state index contributed by atoms with van der Waals surface area (Å²) in [6.07, 6.45) is -3.93. The summed E-state index contributed by atoms with van der Waals surface area (Å²) < 4.78 is 37.1. The second kappa shape index (κ2) is 5.61. The highest BCUT2D eigenvalue weighted by molar-refractivity contribution is 6.32. The van der Waals surface area contributed by atoms with Crippen molar-refractivity contribution in [3.05, 3.63) is 52.8 Å². The van der Waals surface area contributed by atoms with E-state index in [9.17, 15) is 23.1 Å². The maximum atomic E-state index is 12.4. The van der Waals surface area contributed by atoms with Crippen LogP contribution in [0.25, 0.3) is 0 Å². The van der Waals surface area contributed by atoms with E-state index in [0.29, 0.717) is 6.20 Å². The summed E-state index contributed by atoms with van der Waals surface area (Å²) in [5.74, 6) is -0.840. The van der Waals surface area contributed by atoms with Gasteiger partial charge in [0.05, 0.1) is 10.6 Å². The maximum absolute atomic E-state index is 12.4. The highest BCUT2D eigenvalue weighted by Crippen LogP contribution is 2.29. The van der Waals surface area contributed by atoms with Crippen molar-refractivity contribution in [2.75, 3.05) is 5.32 Å². The van der Waals surface area contributed by atoms with Crippen molar-refractivity contribution >= 4 is 23.2 Å². The molecule has 0 aliphatic rings. The Kier molecular flexibility index (Phi) is 4.04. The van der Waals surface area contributed by atoms with Gasteiger partial charge < -0.3 is 10.4 Å². The smallest absolute Gasteiger partial charge is 0.417 e. The van der Waals surface area contributed by atoms with Crippen molar-refractivity contribution in [1.29, 1.82) is 0 Å². The molecule has 1 heterocycles. The average molecular weight is 317 g/mol. The predicted octanol–water partition coefficient (Wildman–Crippen LogP) is 3.71. The molecule has 0 atom stereocenters. The first kappa shape index (κ1) is 15.1. The minimum absolute atomic E-state index is 0.0354. The molecule has 0 saturated carbocycles. The number of carbonyl (C=O) groups excluding carboxylic acids is 1. The second-order valence-corrected chi connectivity index (χ2v) is 4.46. The molecule has 4 nitrogen and oxygen atoms in total. The van der Waals surface area contributed by atoms with E-state index in [4.69, 9.17) is 11.6 Å². The molecule has 0 spiro atoms. The first-order chi connectivity index (χ1) is 9.77. The van der Waals surface area contributed by atoms with E-state index in [1.165, 1.54) is 18.2 Å². The number of anilines is 1. The number of aromatic hydroxyl groups is 1. The zero-order valence-electron chi connectivity index (χ0n) is 10.3. The molecule has 0 fully saturated rings. The van der Waals surface area contributed by atoms with Gasteiger partial charge in [-0.1, -0.05) is 11.6 Å². The molecule has 21 heavy (non-hydrogen) atoms. The fourth-order valence-electron chi connectivity index (χ4n) is 1.48. The molecular formula is C13H8ClF3N2O2. The van der Waals surface area contributed by atoms with Gasteiger partial charge in [0.15, 0.2) is 0 Å². The number of phenols is 1. The van der Waals surface area contributed by atoms with Gasteiger partial charge in [0.1, 0.15) is 11.4 Å². The summed E-state index contributed by atoms with van der Waals surface area (Å²) >= 11 is 5.67. The fraction of sp³-hybridized carbons (Fsp3) is 0.0769. The molecule has 0 bridgehead atoms.